The Morgan fingerprint density at radius 2 is 1.69 bits per heavy atom. The molecule has 0 N–H and O–H groups in total. The van der Waals surface area contributed by atoms with Crippen molar-refractivity contribution in [3.63, 3.8) is 0 Å². The van der Waals surface area contributed by atoms with Crippen molar-refractivity contribution < 1.29 is 19.2 Å². The maximum absolute atomic E-state index is 13.1. The number of carbonyl (C=O) groups excluding carboxylic acids is 2. The van der Waals surface area contributed by atoms with Crippen molar-refractivity contribution in [1.82, 2.24) is 4.57 Å². The first-order valence-corrected chi connectivity index (χ1v) is 10.1. The van der Waals surface area contributed by atoms with Crippen molar-refractivity contribution >= 4 is 28.5 Å². The number of para-hydroxylation sites is 1. The number of rotatable bonds is 7. The standard InChI is InChI=1S/C25H20N2O5/c28-24(32-17-18-7-2-1-3-8-18)14-13-20-16-26(23-12-5-4-11-22(20)23)25(29)19-9-6-10-21(15-19)27(30)31/h1-12,15-16H,13-14,17H2. The molecule has 1 aromatic heterocycles. The molecule has 0 fully saturated rings. The molecule has 0 unspecified atom stereocenters. The second-order valence-electron chi connectivity index (χ2n) is 7.30. The molecule has 0 aliphatic rings. The molecule has 7 nitrogen and oxygen atoms in total. The number of aryl methyl sites for hydroxylation is 1. The van der Waals surface area contributed by atoms with Gasteiger partial charge in [-0.05, 0) is 29.7 Å². The number of carbonyl (C=O) groups is 2. The number of hydrogen-bond donors (Lipinski definition) is 0. The Labute approximate surface area is 184 Å². The number of benzene rings is 3. The van der Waals surface area contributed by atoms with Gasteiger partial charge in [0, 0.05) is 35.7 Å². The molecule has 160 valence electrons. The number of nitrogens with zero attached hydrogens (tertiary/aromatic N) is 2. The number of esters is 1. The monoisotopic (exact) mass is 428 g/mol. The zero-order valence-corrected chi connectivity index (χ0v) is 17.1. The van der Waals surface area contributed by atoms with E-state index in [1.54, 1.807) is 12.3 Å². The van der Waals surface area contributed by atoms with Crippen LogP contribution in [0.25, 0.3) is 10.9 Å². The zero-order chi connectivity index (χ0) is 22.5. The predicted octanol–water partition coefficient (Wildman–Crippen LogP) is 4.91. The van der Waals surface area contributed by atoms with E-state index in [-0.39, 0.29) is 36.2 Å². The Bertz CT molecular complexity index is 1290. The topological polar surface area (TPSA) is 91.4 Å². The fourth-order valence-corrected chi connectivity index (χ4v) is 3.56. The van der Waals surface area contributed by atoms with E-state index < -0.39 is 4.92 Å². The van der Waals surface area contributed by atoms with Crippen LogP contribution < -0.4 is 0 Å². The van der Waals surface area contributed by atoms with Crippen molar-refractivity contribution in [3.8, 4) is 0 Å². The first-order chi connectivity index (χ1) is 15.5. The maximum atomic E-state index is 13.1. The van der Waals surface area contributed by atoms with Gasteiger partial charge in [-0.3, -0.25) is 24.3 Å². The largest absolute Gasteiger partial charge is 0.461 e. The average Bonchev–Trinajstić information content (AvgIpc) is 3.20. The van der Waals surface area contributed by atoms with E-state index in [0.29, 0.717) is 11.9 Å². The van der Waals surface area contributed by atoms with E-state index in [4.69, 9.17) is 4.74 Å². The van der Waals surface area contributed by atoms with Crippen LogP contribution in [0, 0.1) is 10.1 Å². The first kappa shape index (κ1) is 21.0. The summed E-state index contributed by atoms with van der Waals surface area (Å²) >= 11 is 0. The van der Waals surface area contributed by atoms with Crippen LogP contribution in [-0.4, -0.2) is 21.4 Å². The Morgan fingerprint density at radius 3 is 2.47 bits per heavy atom. The molecule has 4 rings (SSSR count). The van der Waals surface area contributed by atoms with Crippen LogP contribution in [0.1, 0.15) is 27.9 Å². The summed E-state index contributed by atoms with van der Waals surface area (Å²) in [7, 11) is 0. The van der Waals surface area contributed by atoms with E-state index in [2.05, 4.69) is 0 Å². The van der Waals surface area contributed by atoms with Crippen molar-refractivity contribution in [1.29, 1.82) is 0 Å². The second-order valence-corrected chi connectivity index (χ2v) is 7.30. The minimum atomic E-state index is -0.531. The van der Waals surface area contributed by atoms with Crippen LogP contribution in [0.5, 0.6) is 0 Å². The molecule has 0 saturated carbocycles. The summed E-state index contributed by atoms with van der Waals surface area (Å²) in [4.78, 5) is 35.9. The molecular formula is C25H20N2O5. The lowest BCUT2D eigenvalue weighted by Gasteiger charge is -2.04. The van der Waals surface area contributed by atoms with Gasteiger partial charge < -0.3 is 4.74 Å². The van der Waals surface area contributed by atoms with Crippen molar-refractivity contribution in [2.24, 2.45) is 0 Å². The summed E-state index contributed by atoms with van der Waals surface area (Å²) in [6.07, 6.45) is 2.27. The summed E-state index contributed by atoms with van der Waals surface area (Å²) in [5.74, 6) is -0.696. The third kappa shape index (κ3) is 4.57. The SMILES string of the molecule is O=C(CCc1cn(C(=O)c2cccc([N+](=O)[O-])c2)c2ccccc12)OCc1ccccc1. The molecular weight excluding hydrogens is 408 g/mol. The number of aromatic nitrogens is 1. The minimum Gasteiger partial charge on any atom is -0.461 e. The summed E-state index contributed by atoms with van der Waals surface area (Å²) in [5.41, 5.74) is 2.50. The molecule has 0 atom stereocenters. The maximum Gasteiger partial charge on any atom is 0.306 e. The van der Waals surface area contributed by atoms with Crippen LogP contribution in [0.15, 0.2) is 85.1 Å². The quantitative estimate of drug-likeness (QED) is 0.237. The number of ether oxygens (including phenoxy) is 1. The van der Waals surface area contributed by atoms with Crippen molar-refractivity contribution in [2.45, 2.75) is 19.4 Å². The molecule has 3 aromatic carbocycles. The predicted molar refractivity (Wildman–Crippen MR) is 119 cm³/mol. The Morgan fingerprint density at radius 1 is 0.938 bits per heavy atom. The van der Waals surface area contributed by atoms with Crippen LogP contribution in [0.2, 0.25) is 0 Å². The highest BCUT2D eigenvalue weighted by Crippen LogP contribution is 2.24. The summed E-state index contributed by atoms with van der Waals surface area (Å²) in [5, 5.41) is 11.9. The highest BCUT2D eigenvalue weighted by molar-refractivity contribution is 6.03. The van der Waals surface area contributed by atoms with Crippen LogP contribution in [0.4, 0.5) is 5.69 Å². The average molecular weight is 428 g/mol. The Kier molecular flexibility index (Phi) is 6.07. The third-order valence-electron chi connectivity index (χ3n) is 5.16. The molecule has 0 bridgehead atoms. The molecule has 0 spiro atoms. The highest BCUT2D eigenvalue weighted by Gasteiger charge is 2.18. The first-order valence-electron chi connectivity index (χ1n) is 10.1. The molecule has 1 heterocycles. The number of non-ortho nitro benzene ring substituents is 1. The lowest BCUT2D eigenvalue weighted by atomic mass is 10.1. The minimum absolute atomic E-state index is 0.145. The molecule has 0 amide bonds. The van der Waals surface area contributed by atoms with Crippen molar-refractivity contribution in [2.75, 3.05) is 0 Å². The van der Waals surface area contributed by atoms with E-state index in [1.807, 2.05) is 54.6 Å². The number of nitro benzene ring substituents is 1. The molecule has 0 aliphatic heterocycles. The van der Waals surface area contributed by atoms with Gasteiger partial charge in [0.2, 0.25) is 0 Å². The van der Waals surface area contributed by atoms with Crippen LogP contribution in [0.3, 0.4) is 0 Å². The highest BCUT2D eigenvalue weighted by atomic mass is 16.6. The fraction of sp³-hybridized carbons (Fsp3) is 0.120. The number of hydrogen-bond acceptors (Lipinski definition) is 5. The van der Waals surface area contributed by atoms with E-state index in [1.165, 1.54) is 22.8 Å². The number of nitro groups is 1. The van der Waals surface area contributed by atoms with Crippen molar-refractivity contribution in [3.05, 3.63) is 112 Å². The van der Waals surface area contributed by atoms with Crippen LogP contribution in [-0.2, 0) is 22.6 Å². The molecule has 0 saturated heterocycles. The molecule has 7 heteroatoms. The van der Waals surface area contributed by atoms with E-state index in [0.717, 1.165) is 16.5 Å². The summed E-state index contributed by atoms with van der Waals surface area (Å²) in [6, 6.07) is 22.5. The van der Waals surface area contributed by atoms with Gasteiger partial charge in [-0.15, -0.1) is 0 Å². The van der Waals surface area contributed by atoms with Gasteiger partial charge in [-0.2, -0.15) is 0 Å². The second kappa shape index (κ2) is 9.26. The molecule has 0 aliphatic carbocycles. The van der Waals surface area contributed by atoms with Gasteiger partial charge in [0.25, 0.3) is 11.6 Å². The zero-order valence-electron chi connectivity index (χ0n) is 17.1. The molecule has 4 aromatic rings. The summed E-state index contributed by atoms with van der Waals surface area (Å²) < 4.78 is 6.82. The number of fused-ring (bicyclic) bond motifs is 1. The van der Waals surface area contributed by atoms with Gasteiger partial charge >= 0.3 is 5.97 Å². The van der Waals surface area contributed by atoms with Gasteiger partial charge in [-0.1, -0.05) is 54.6 Å². The lowest BCUT2D eigenvalue weighted by Crippen LogP contribution is -2.11. The third-order valence-corrected chi connectivity index (χ3v) is 5.16. The Balaban J connectivity index is 1.52. The Hall–Kier alpha value is -4.26. The van der Waals surface area contributed by atoms with Gasteiger partial charge in [0.1, 0.15) is 6.61 Å². The van der Waals surface area contributed by atoms with Gasteiger partial charge in [0.15, 0.2) is 0 Å². The van der Waals surface area contributed by atoms with Crippen LogP contribution >= 0.6 is 0 Å². The van der Waals surface area contributed by atoms with Gasteiger partial charge in [-0.25, -0.2) is 0 Å². The molecule has 32 heavy (non-hydrogen) atoms. The van der Waals surface area contributed by atoms with E-state index >= 15 is 0 Å². The summed E-state index contributed by atoms with van der Waals surface area (Å²) in [6.45, 7) is 0.215. The molecule has 0 radical (unpaired) electrons. The normalized spacial score (nSPS) is 10.8. The smallest absolute Gasteiger partial charge is 0.306 e. The van der Waals surface area contributed by atoms with Gasteiger partial charge in [0.05, 0.1) is 10.4 Å². The fourth-order valence-electron chi connectivity index (χ4n) is 3.56. The van der Waals surface area contributed by atoms with E-state index in [9.17, 15) is 19.7 Å². The lowest BCUT2D eigenvalue weighted by molar-refractivity contribution is -0.384.